The van der Waals surface area contributed by atoms with Gasteiger partial charge in [-0.25, -0.2) is 9.59 Å². The fourth-order valence-electron chi connectivity index (χ4n) is 2.15. The number of hydrogen-bond acceptors (Lipinski definition) is 4. The topological polar surface area (TPSA) is 94.8 Å². The molecule has 110 valence electrons. The van der Waals surface area contributed by atoms with E-state index >= 15 is 0 Å². The van der Waals surface area contributed by atoms with Crippen LogP contribution in [0.2, 0.25) is 0 Å². The van der Waals surface area contributed by atoms with Gasteiger partial charge >= 0.3 is 12.0 Å². The minimum atomic E-state index is -1.12. The number of furan rings is 1. The number of hydrogen-bond donors (Lipinski definition) is 3. The molecule has 1 fully saturated rings. The number of urea groups is 1. The molecule has 1 aromatic heterocycles. The van der Waals surface area contributed by atoms with Gasteiger partial charge in [-0.3, -0.25) is 0 Å². The first-order valence-corrected chi connectivity index (χ1v) is 6.71. The van der Waals surface area contributed by atoms with Crippen LogP contribution < -0.4 is 10.6 Å². The lowest BCUT2D eigenvalue weighted by Gasteiger charge is -2.14. The van der Waals surface area contributed by atoms with Crippen LogP contribution in [0.5, 0.6) is 0 Å². The summed E-state index contributed by atoms with van der Waals surface area (Å²) in [5, 5.41) is 14.1. The first kappa shape index (κ1) is 14.4. The van der Waals surface area contributed by atoms with Gasteiger partial charge in [0.15, 0.2) is 0 Å². The molecule has 0 aliphatic carbocycles. The second kappa shape index (κ2) is 6.95. The summed E-state index contributed by atoms with van der Waals surface area (Å²) in [6.07, 6.45) is 2.47. The van der Waals surface area contributed by atoms with Crippen LogP contribution in [0.4, 0.5) is 4.79 Å². The number of nitrogens with zero attached hydrogens (tertiary/aromatic N) is 1. The average molecular weight is 281 g/mol. The Morgan fingerprint density at radius 3 is 2.65 bits per heavy atom. The summed E-state index contributed by atoms with van der Waals surface area (Å²) in [4.78, 5) is 24.5. The highest BCUT2D eigenvalue weighted by Gasteiger charge is 2.12. The monoisotopic (exact) mass is 281 g/mol. The summed E-state index contributed by atoms with van der Waals surface area (Å²) in [6, 6.07) is 2.62. The summed E-state index contributed by atoms with van der Waals surface area (Å²) in [6.45, 7) is 3.84. The first-order valence-electron chi connectivity index (χ1n) is 6.71. The maximum Gasteiger partial charge on any atom is 0.371 e. The molecule has 2 rings (SSSR count). The molecule has 0 saturated carbocycles. The summed E-state index contributed by atoms with van der Waals surface area (Å²) in [5.41, 5.74) is 0. The maximum atomic E-state index is 11.5. The van der Waals surface area contributed by atoms with Gasteiger partial charge < -0.3 is 25.1 Å². The largest absolute Gasteiger partial charge is 0.475 e. The van der Waals surface area contributed by atoms with E-state index in [1.54, 1.807) is 0 Å². The van der Waals surface area contributed by atoms with Crippen molar-refractivity contribution in [1.82, 2.24) is 15.5 Å². The molecule has 0 aromatic carbocycles. The molecule has 7 nitrogen and oxygen atoms in total. The molecule has 0 radical (unpaired) electrons. The van der Waals surface area contributed by atoms with Crippen molar-refractivity contribution in [2.24, 2.45) is 0 Å². The number of carbonyl (C=O) groups is 2. The lowest BCUT2D eigenvalue weighted by atomic mass is 10.4. The number of aromatic carboxylic acids is 1. The highest BCUT2D eigenvalue weighted by atomic mass is 16.4. The third-order valence-corrected chi connectivity index (χ3v) is 3.21. The minimum Gasteiger partial charge on any atom is -0.475 e. The number of likely N-dealkylation sites (tertiary alicyclic amines) is 1. The van der Waals surface area contributed by atoms with Gasteiger partial charge in [-0.05, 0) is 38.1 Å². The molecular weight excluding hydrogens is 262 g/mol. The van der Waals surface area contributed by atoms with Crippen molar-refractivity contribution in [3.63, 3.8) is 0 Å². The summed E-state index contributed by atoms with van der Waals surface area (Å²) in [5.74, 6) is -0.834. The number of carboxylic acids is 1. The highest BCUT2D eigenvalue weighted by molar-refractivity contribution is 5.84. The van der Waals surface area contributed by atoms with Crippen molar-refractivity contribution in [2.75, 3.05) is 26.2 Å². The molecule has 2 amide bonds. The Labute approximate surface area is 116 Å². The summed E-state index contributed by atoms with van der Waals surface area (Å²) >= 11 is 0. The molecule has 1 aliphatic heterocycles. The molecule has 2 heterocycles. The zero-order valence-electron chi connectivity index (χ0n) is 11.2. The SMILES string of the molecule is O=C(NCCN1CCCC1)NCc1ccc(C(=O)O)o1. The van der Waals surface area contributed by atoms with E-state index < -0.39 is 5.97 Å². The molecule has 0 atom stereocenters. The van der Waals surface area contributed by atoms with Gasteiger partial charge in [0.25, 0.3) is 0 Å². The lowest BCUT2D eigenvalue weighted by molar-refractivity contribution is 0.0660. The number of carboxylic acid groups (broad SMARTS) is 1. The molecule has 0 spiro atoms. The molecule has 0 unspecified atom stereocenters. The van der Waals surface area contributed by atoms with Gasteiger partial charge in [0, 0.05) is 13.1 Å². The quantitative estimate of drug-likeness (QED) is 0.719. The molecule has 7 heteroatoms. The van der Waals surface area contributed by atoms with Gasteiger partial charge in [-0.2, -0.15) is 0 Å². The normalized spacial score (nSPS) is 15.2. The van der Waals surface area contributed by atoms with E-state index in [-0.39, 0.29) is 18.3 Å². The molecular formula is C13H19N3O4. The van der Waals surface area contributed by atoms with E-state index in [1.165, 1.54) is 25.0 Å². The fourth-order valence-corrected chi connectivity index (χ4v) is 2.15. The molecule has 1 saturated heterocycles. The predicted molar refractivity (Wildman–Crippen MR) is 71.6 cm³/mol. The molecule has 1 aromatic rings. The van der Waals surface area contributed by atoms with Crippen LogP contribution in [0.1, 0.15) is 29.2 Å². The van der Waals surface area contributed by atoms with Crippen LogP contribution in [0.25, 0.3) is 0 Å². The smallest absolute Gasteiger partial charge is 0.371 e. The van der Waals surface area contributed by atoms with E-state index in [2.05, 4.69) is 15.5 Å². The Morgan fingerprint density at radius 2 is 2.00 bits per heavy atom. The van der Waals surface area contributed by atoms with Crippen LogP contribution >= 0.6 is 0 Å². The van der Waals surface area contributed by atoms with Crippen molar-refractivity contribution in [3.05, 3.63) is 23.7 Å². The number of carbonyl (C=O) groups excluding carboxylic acids is 1. The van der Waals surface area contributed by atoms with Gasteiger partial charge in [0.1, 0.15) is 5.76 Å². The Bertz CT molecular complexity index is 466. The minimum absolute atomic E-state index is 0.128. The highest BCUT2D eigenvalue weighted by Crippen LogP contribution is 2.07. The predicted octanol–water partition coefficient (Wildman–Crippen LogP) is 0.873. The third kappa shape index (κ3) is 4.27. The van der Waals surface area contributed by atoms with Crippen LogP contribution in [0, 0.1) is 0 Å². The number of rotatable bonds is 6. The molecule has 0 bridgehead atoms. The van der Waals surface area contributed by atoms with Crippen molar-refractivity contribution < 1.29 is 19.1 Å². The molecule has 1 aliphatic rings. The van der Waals surface area contributed by atoms with Crippen molar-refractivity contribution in [2.45, 2.75) is 19.4 Å². The van der Waals surface area contributed by atoms with Crippen LogP contribution in [-0.4, -0.2) is 48.2 Å². The second-order valence-corrected chi connectivity index (χ2v) is 4.73. The second-order valence-electron chi connectivity index (χ2n) is 4.73. The third-order valence-electron chi connectivity index (χ3n) is 3.21. The van der Waals surface area contributed by atoms with Crippen molar-refractivity contribution in [3.8, 4) is 0 Å². The van der Waals surface area contributed by atoms with E-state index in [9.17, 15) is 9.59 Å². The number of nitrogens with one attached hydrogen (secondary N) is 2. The van der Waals surface area contributed by atoms with Crippen LogP contribution in [-0.2, 0) is 6.54 Å². The van der Waals surface area contributed by atoms with Gasteiger partial charge in [-0.1, -0.05) is 0 Å². The Kier molecular flexibility index (Phi) is 5.00. The Hall–Kier alpha value is -2.02. The van der Waals surface area contributed by atoms with Crippen LogP contribution in [0.3, 0.4) is 0 Å². The van der Waals surface area contributed by atoms with E-state index in [4.69, 9.17) is 9.52 Å². The maximum absolute atomic E-state index is 11.5. The number of amides is 2. The zero-order valence-corrected chi connectivity index (χ0v) is 11.2. The van der Waals surface area contributed by atoms with Crippen LogP contribution in [0.15, 0.2) is 16.5 Å². The van der Waals surface area contributed by atoms with E-state index in [0.717, 1.165) is 19.6 Å². The summed E-state index contributed by atoms with van der Waals surface area (Å²) < 4.78 is 5.03. The Morgan fingerprint density at radius 1 is 1.25 bits per heavy atom. The summed E-state index contributed by atoms with van der Waals surface area (Å²) in [7, 11) is 0. The van der Waals surface area contributed by atoms with Gasteiger partial charge in [0.2, 0.25) is 5.76 Å². The van der Waals surface area contributed by atoms with Crippen molar-refractivity contribution >= 4 is 12.0 Å². The fraction of sp³-hybridized carbons (Fsp3) is 0.538. The Balaban J connectivity index is 1.62. The van der Waals surface area contributed by atoms with Gasteiger partial charge in [0.05, 0.1) is 6.54 Å². The van der Waals surface area contributed by atoms with E-state index in [0.29, 0.717) is 12.3 Å². The standard InChI is InChI=1S/C13H19N3O4/c17-12(18)11-4-3-10(20-11)9-15-13(19)14-5-8-16-6-1-2-7-16/h3-4H,1-2,5-9H2,(H,17,18)(H2,14,15,19). The average Bonchev–Trinajstić information content (AvgIpc) is 3.07. The first-order chi connectivity index (χ1) is 9.65. The van der Waals surface area contributed by atoms with Gasteiger partial charge in [-0.15, -0.1) is 0 Å². The zero-order chi connectivity index (χ0) is 14.4. The molecule has 3 N–H and O–H groups in total. The van der Waals surface area contributed by atoms with Crippen molar-refractivity contribution in [1.29, 1.82) is 0 Å². The molecule has 20 heavy (non-hydrogen) atoms. The van der Waals surface area contributed by atoms with E-state index in [1.807, 2.05) is 0 Å². The lowest BCUT2D eigenvalue weighted by Crippen LogP contribution is -2.39.